The van der Waals surface area contributed by atoms with Crippen LogP contribution in [0.2, 0.25) is 37.8 Å². The largest absolute Gasteiger partial charge is 0.397 e. The van der Waals surface area contributed by atoms with Gasteiger partial charge in [0, 0.05) is 0 Å². The van der Waals surface area contributed by atoms with Gasteiger partial charge in [-0.05, 0) is 44.7 Å². The molecule has 1 amide bonds. The number of carbonyl (C=O) groups excluding carboxylic acids is 1. The van der Waals surface area contributed by atoms with Gasteiger partial charge in [-0.3, -0.25) is 9.69 Å². The van der Waals surface area contributed by atoms with E-state index >= 15 is 0 Å². The van der Waals surface area contributed by atoms with Crippen LogP contribution in [-0.2, 0) is 13.6 Å². The quantitative estimate of drug-likeness (QED) is 0.572. The topological polar surface area (TPSA) is 38.8 Å². The summed E-state index contributed by atoms with van der Waals surface area (Å²) in [6.07, 6.45) is 0.211. The molecule has 0 saturated carbocycles. The summed E-state index contributed by atoms with van der Waals surface area (Å²) in [5.41, 5.74) is 0. The zero-order valence-corrected chi connectivity index (χ0v) is 16.5. The zero-order chi connectivity index (χ0) is 15.9. The summed E-state index contributed by atoms with van der Waals surface area (Å²) >= 11 is 0. The predicted molar refractivity (Wildman–Crippen MR) is 87.4 cm³/mol. The highest BCUT2D eigenvalue weighted by atomic mass is 28.4. The minimum Gasteiger partial charge on any atom is -0.397 e. The summed E-state index contributed by atoms with van der Waals surface area (Å²) in [6, 6.07) is 0. The predicted octanol–water partition coefficient (Wildman–Crippen LogP) is 3.76. The lowest BCUT2D eigenvalue weighted by Gasteiger charge is -2.49. The van der Waals surface area contributed by atoms with Crippen molar-refractivity contribution in [2.45, 2.75) is 84.3 Å². The van der Waals surface area contributed by atoms with Crippen LogP contribution in [0.25, 0.3) is 0 Å². The Labute approximate surface area is 126 Å². The Kier molecular flexibility index (Phi) is 4.96. The fourth-order valence-corrected chi connectivity index (χ4v) is 4.34. The van der Waals surface area contributed by atoms with Crippen molar-refractivity contribution in [1.29, 1.82) is 0 Å². The first-order chi connectivity index (χ1) is 8.74. The van der Waals surface area contributed by atoms with Crippen LogP contribution in [-0.4, -0.2) is 39.9 Å². The van der Waals surface area contributed by atoms with Gasteiger partial charge in [-0.25, -0.2) is 0 Å². The lowest BCUT2D eigenvalue weighted by molar-refractivity contribution is -0.181. The molecule has 2 atom stereocenters. The van der Waals surface area contributed by atoms with E-state index in [1.54, 1.807) is 4.90 Å². The van der Waals surface area contributed by atoms with Crippen LogP contribution in [0.4, 0.5) is 0 Å². The van der Waals surface area contributed by atoms with Gasteiger partial charge in [0.25, 0.3) is 0 Å². The number of nitrogens with zero attached hydrogens (tertiary/aromatic N) is 1. The molecule has 0 radical (unpaired) electrons. The van der Waals surface area contributed by atoms with Gasteiger partial charge in [-0.15, -0.1) is 0 Å². The van der Waals surface area contributed by atoms with E-state index in [9.17, 15) is 4.79 Å². The summed E-state index contributed by atoms with van der Waals surface area (Å²) < 4.78 is 12.4. The summed E-state index contributed by atoms with van der Waals surface area (Å²) in [5.74, 6) is 0.138. The Balaban J connectivity index is 2.71. The molecule has 0 aromatic carbocycles. The average molecular weight is 318 g/mol. The van der Waals surface area contributed by atoms with Crippen molar-refractivity contribution in [2.75, 3.05) is 0 Å². The number of β-lactam (4-membered cyclic amide) rings is 1. The maximum Gasteiger partial charge on any atom is 0.231 e. The summed E-state index contributed by atoms with van der Waals surface area (Å²) in [4.78, 5) is 13.7. The molecule has 1 heterocycles. The van der Waals surface area contributed by atoms with Crippen molar-refractivity contribution in [1.82, 2.24) is 4.90 Å². The minimum absolute atomic E-state index is 0.0889. The van der Waals surface area contributed by atoms with Crippen LogP contribution in [0.1, 0.15) is 34.1 Å². The molecule has 1 unspecified atom stereocenters. The van der Waals surface area contributed by atoms with Gasteiger partial charge in [0.1, 0.15) is 12.5 Å². The molecule has 118 valence electrons. The van der Waals surface area contributed by atoms with E-state index in [-0.39, 0.29) is 23.4 Å². The molecule has 0 N–H and O–H groups in total. The average Bonchev–Trinajstić information content (AvgIpc) is 2.10. The number of rotatable bonds is 5. The van der Waals surface area contributed by atoms with Crippen molar-refractivity contribution in [3.05, 3.63) is 0 Å². The monoisotopic (exact) mass is 317 g/mol. The molecule has 4 nitrogen and oxygen atoms in total. The van der Waals surface area contributed by atoms with E-state index in [1.807, 2.05) is 6.92 Å². The second kappa shape index (κ2) is 5.55. The molecule has 1 rings (SSSR count). The van der Waals surface area contributed by atoms with Gasteiger partial charge in [0.15, 0.2) is 16.6 Å². The number of carbonyl (C=O) groups is 1. The van der Waals surface area contributed by atoms with Crippen molar-refractivity contribution < 1.29 is 13.6 Å². The van der Waals surface area contributed by atoms with Gasteiger partial charge in [0.2, 0.25) is 5.91 Å². The van der Waals surface area contributed by atoms with E-state index in [0.29, 0.717) is 6.42 Å². The minimum atomic E-state index is -1.87. The Morgan fingerprint density at radius 2 is 1.70 bits per heavy atom. The smallest absolute Gasteiger partial charge is 0.231 e. The summed E-state index contributed by atoms with van der Waals surface area (Å²) in [5, 5.41) is 0.143. The molecule has 20 heavy (non-hydrogen) atoms. The van der Waals surface area contributed by atoms with E-state index in [1.165, 1.54) is 0 Å². The molecule has 0 aliphatic carbocycles. The van der Waals surface area contributed by atoms with Gasteiger partial charge in [-0.2, -0.15) is 0 Å². The van der Waals surface area contributed by atoms with E-state index in [2.05, 4.69) is 53.5 Å². The van der Waals surface area contributed by atoms with Crippen LogP contribution >= 0.6 is 0 Å². The standard InChI is InChI=1S/C14H31NO3Si2/c1-11(17-20(8,9)14(2,3)4)15-12(16)10-13(15)18-19(5,6)7/h11,13H,10H2,1-9H3/t11?,13-/m1/s1. The van der Waals surface area contributed by atoms with Crippen LogP contribution < -0.4 is 0 Å². The molecule has 0 bridgehead atoms. The molecule has 1 aliphatic heterocycles. The molecule has 0 spiro atoms. The van der Waals surface area contributed by atoms with Crippen molar-refractivity contribution >= 4 is 22.5 Å². The Hall–Kier alpha value is -0.176. The first kappa shape index (κ1) is 17.9. The molecular formula is C14H31NO3Si2. The number of hydrogen-bond donors (Lipinski definition) is 0. The van der Waals surface area contributed by atoms with E-state index in [4.69, 9.17) is 8.85 Å². The SMILES string of the molecule is CC(O[Si](C)(C)C(C)(C)C)N1C(=O)C[C@H]1O[Si](C)(C)C. The van der Waals surface area contributed by atoms with Crippen molar-refractivity contribution in [3.63, 3.8) is 0 Å². The number of amides is 1. The van der Waals surface area contributed by atoms with Crippen molar-refractivity contribution in [3.8, 4) is 0 Å². The highest BCUT2D eigenvalue weighted by molar-refractivity contribution is 6.74. The third-order valence-electron chi connectivity index (χ3n) is 4.10. The maximum absolute atomic E-state index is 11.9. The van der Waals surface area contributed by atoms with Crippen molar-refractivity contribution in [2.24, 2.45) is 0 Å². The molecule has 0 aromatic rings. The Morgan fingerprint density at radius 1 is 1.20 bits per heavy atom. The molecule has 1 fully saturated rings. The first-order valence-corrected chi connectivity index (χ1v) is 13.7. The number of hydrogen-bond acceptors (Lipinski definition) is 3. The lowest BCUT2D eigenvalue weighted by Crippen LogP contribution is -2.62. The Bertz CT molecular complexity index is 372. The molecule has 0 aromatic heterocycles. The zero-order valence-electron chi connectivity index (χ0n) is 14.5. The highest BCUT2D eigenvalue weighted by Gasteiger charge is 2.46. The third kappa shape index (κ3) is 4.16. The van der Waals surface area contributed by atoms with Gasteiger partial charge < -0.3 is 8.85 Å². The van der Waals surface area contributed by atoms with Crippen LogP contribution in [0, 0.1) is 0 Å². The molecule has 6 heteroatoms. The van der Waals surface area contributed by atoms with E-state index in [0.717, 1.165) is 0 Å². The normalized spacial score (nSPS) is 22.8. The lowest BCUT2D eigenvalue weighted by atomic mass is 10.1. The van der Waals surface area contributed by atoms with Crippen LogP contribution in [0.5, 0.6) is 0 Å². The fourth-order valence-electron chi connectivity index (χ4n) is 2.00. The molecular weight excluding hydrogens is 286 g/mol. The van der Waals surface area contributed by atoms with Gasteiger partial charge in [0.05, 0.1) is 6.42 Å². The number of likely N-dealkylation sites (tertiary alicyclic amines) is 1. The molecule has 1 saturated heterocycles. The summed E-state index contributed by atoms with van der Waals surface area (Å²) in [6.45, 7) is 19.5. The highest BCUT2D eigenvalue weighted by Crippen LogP contribution is 2.38. The second-order valence-corrected chi connectivity index (χ2v) is 17.4. The van der Waals surface area contributed by atoms with Crippen LogP contribution in [0.15, 0.2) is 0 Å². The third-order valence-corrected chi connectivity index (χ3v) is 9.62. The summed E-state index contributed by atoms with van der Waals surface area (Å²) in [7, 11) is -3.51. The van der Waals surface area contributed by atoms with E-state index < -0.39 is 16.6 Å². The molecule has 1 aliphatic rings. The Morgan fingerprint density at radius 3 is 2.05 bits per heavy atom. The fraction of sp³-hybridized carbons (Fsp3) is 0.929. The maximum atomic E-state index is 11.9. The second-order valence-electron chi connectivity index (χ2n) is 8.17. The van der Waals surface area contributed by atoms with Gasteiger partial charge in [-0.1, -0.05) is 20.8 Å². The van der Waals surface area contributed by atoms with Gasteiger partial charge >= 0.3 is 0 Å². The van der Waals surface area contributed by atoms with Crippen LogP contribution in [0.3, 0.4) is 0 Å². The first-order valence-electron chi connectivity index (χ1n) is 7.41.